The van der Waals surface area contributed by atoms with Crippen LogP contribution in [0.1, 0.15) is 16.7 Å². The molecule has 0 saturated carbocycles. The van der Waals surface area contributed by atoms with Gasteiger partial charge < -0.3 is 0 Å². The predicted molar refractivity (Wildman–Crippen MR) is 97.2 cm³/mol. The summed E-state index contributed by atoms with van der Waals surface area (Å²) in [7, 11) is 0. The minimum absolute atomic E-state index is 0.0941. The van der Waals surface area contributed by atoms with Crippen molar-refractivity contribution in [2.24, 2.45) is 5.10 Å². The molecule has 5 heteroatoms. The Morgan fingerprint density at radius 2 is 2.05 bits per heavy atom. The topological polar surface area (TPSA) is 41.5 Å². The fourth-order valence-corrected chi connectivity index (χ4v) is 2.97. The van der Waals surface area contributed by atoms with Crippen LogP contribution in [0.15, 0.2) is 58.1 Å². The second kappa shape index (κ2) is 8.76. The average Bonchev–Trinajstić information content (AvgIpc) is 2.49. The van der Waals surface area contributed by atoms with Gasteiger partial charge in [0.15, 0.2) is 0 Å². The molecule has 2 rings (SSSR count). The van der Waals surface area contributed by atoms with E-state index in [1.165, 1.54) is 11.1 Å². The van der Waals surface area contributed by atoms with Gasteiger partial charge in [-0.15, -0.1) is 11.8 Å². The molecule has 2 aromatic rings. The van der Waals surface area contributed by atoms with Crippen molar-refractivity contribution in [3.05, 3.63) is 69.7 Å². The van der Waals surface area contributed by atoms with E-state index >= 15 is 0 Å². The number of nitrogens with one attached hydrogen (secondary N) is 1. The smallest absolute Gasteiger partial charge is 0.250 e. The van der Waals surface area contributed by atoms with Crippen LogP contribution in [0.5, 0.6) is 0 Å². The number of hydrogen-bond acceptors (Lipinski definition) is 3. The molecule has 0 saturated heterocycles. The Morgan fingerprint density at radius 1 is 1.27 bits per heavy atom. The lowest BCUT2D eigenvalue weighted by Crippen LogP contribution is -2.19. The lowest BCUT2D eigenvalue weighted by Gasteiger charge is -2.02. The maximum atomic E-state index is 11.7. The van der Waals surface area contributed by atoms with Gasteiger partial charge >= 0.3 is 0 Å². The standard InChI is InChI=1S/C17H17BrN2OS/c1-13-5-7-14(8-6-13)10-19-20-17(21)12-22-11-15-3-2-4-16(18)9-15/h2-10H,11-12H2,1H3,(H,20,21)/b19-10+. The van der Waals surface area contributed by atoms with Gasteiger partial charge in [-0.1, -0.05) is 57.9 Å². The maximum absolute atomic E-state index is 11.7. The Morgan fingerprint density at radius 3 is 2.77 bits per heavy atom. The Bertz CT molecular complexity index is 656. The highest BCUT2D eigenvalue weighted by Crippen LogP contribution is 2.16. The minimum atomic E-state index is -0.0941. The zero-order valence-electron chi connectivity index (χ0n) is 12.3. The van der Waals surface area contributed by atoms with Crippen LogP contribution in [-0.4, -0.2) is 17.9 Å². The van der Waals surface area contributed by atoms with Crippen molar-refractivity contribution >= 4 is 39.8 Å². The van der Waals surface area contributed by atoms with E-state index in [0.29, 0.717) is 5.75 Å². The molecule has 0 radical (unpaired) electrons. The van der Waals surface area contributed by atoms with Crippen molar-refractivity contribution in [1.29, 1.82) is 0 Å². The molecule has 3 nitrogen and oxygen atoms in total. The average molecular weight is 377 g/mol. The number of carbonyl (C=O) groups is 1. The summed E-state index contributed by atoms with van der Waals surface area (Å²) in [5, 5.41) is 3.97. The molecule has 114 valence electrons. The lowest BCUT2D eigenvalue weighted by molar-refractivity contribution is -0.118. The van der Waals surface area contributed by atoms with E-state index in [1.807, 2.05) is 49.4 Å². The van der Waals surface area contributed by atoms with Gasteiger partial charge in [0, 0.05) is 10.2 Å². The number of carbonyl (C=O) groups excluding carboxylic acids is 1. The molecule has 0 aliphatic heterocycles. The Hall–Kier alpha value is -1.59. The minimum Gasteiger partial charge on any atom is -0.272 e. The molecule has 0 aromatic heterocycles. The highest BCUT2D eigenvalue weighted by molar-refractivity contribution is 9.10. The Balaban J connectivity index is 1.70. The summed E-state index contributed by atoms with van der Waals surface area (Å²) in [5.41, 5.74) is 5.90. The number of hydrazone groups is 1. The number of nitrogens with zero attached hydrogens (tertiary/aromatic N) is 1. The van der Waals surface area contributed by atoms with E-state index in [4.69, 9.17) is 0 Å². The number of benzene rings is 2. The summed E-state index contributed by atoms with van der Waals surface area (Å²) in [6.45, 7) is 2.03. The first-order valence-corrected chi connectivity index (χ1v) is 8.79. The van der Waals surface area contributed by atoms with Crippen LogP contribution in [0.2, 0.25) is 0 Å². The van der Waals surface area contributed by atoms with E-state index in [2.05, 4.69) is 32.5 Å². The molecule has 1 N–H and O–H groups in total. The second-order valence-electron chi connectivity index (χ2n) is 4.83. The van der Waals surface area contributed by atoms with Crippen LogP contribution in [0.4, 0.5) is 0 Å². The van der Waals surface area contributed by atoms with E-state index in [1.54, 1.807) is 18.0 Å². The van der Waals surface area contributed by atoms with Crippen LogP contribution in [0, 0.1) is 6.92 Å². The third-order valence-electron chi connectivity index (χ3n) is 2.87. The fourth-order valence-electron chi connectivity index (χ4n) is 1.75. The van der Waals surface area contributed by atoms with Crippen molar-refractivity contribution in [3.8, 4) is 0 Å². The second-order valence-corrected chi connectivity index (χ2v) is 6.73. The van der Waals surface area contributed by atoms with Crippen LogP contribution < -0.4 is 5.43 Å². The lowest BCUT2D eigenvalue weighted by atomic mass is 10.2. The Labute approximate surface area is 143 Å². The number of amides is 1. The molecule has 0 fully saturated rings. The molecule has 2 aromatic carbocycles. The third kappa shape index (κ3) is 6.03. The van der Waals surface area contributed by atoms with E-state index in [9.17, 15) is 4.79 Å². The molecule has 22 heavy (non-hydrogen) atoms. The van der Waals surface area contributed by atoms with E-state index in [-0.39, 0.29) is 5.91 Å². The zero-order chi connectivity index (χ0) is 15.8. The summed E-state index contributed by atoms with van der Waals surface area (Å²) in [5.74, 6) is 1.09. The van der Waals surface area contributed by atoms with Gasteiger partial charge in [-0.25, -0.2) is 5.43 Å². The SMILES string of the molecule is Cc1ccc(/C=N/NC(=O)CSCc2cccc(Br)c2)cc1. The molecule has 0 spiro atoms. The number of hydrogen-bond donors (Lipinski definition) is 1. The summed E-state index contributed by atoms with van der Waals surface area (Å²) in [4.78, 5) is 11.7. The number of rotatable bonds is 6. The van der Waals surface area contributed by atoms with Crippen molar-refractivity contribution in [1.82, 2.24) is 5.43 Å². The molecule has 1 amide bonds. The van der Waals surface area contributed by atoms with Crippen molar-refractivity contribution in [2.75, 3.05) is 5.75 Å². The van der Waals surface area contributed by atoms with Gasteiger partial charge in [-0.3, -0.25) is 4.79 Å². The number of thioether (sulfide) groups is 1. The molecule has 0 aliphatic carbocycles. The molecule has 0 heterocycles. The van der Waals surface area contributed by atoms with Gasteiger partial charge in [0.05, 0.1) is 12.0 Å². The number of halogens is 1. The van der Waals surface area contributed by atoms with Crippen LogP contribution >= 0.6 is 27.7 Å². The maximum Gasteiger partial charge on any atom is 0.250 e. The molecular formula is C17H17BrN2OS. The third-order valence-corrected chi connectivity index (χ3v) is 4.37. The first kappa shape index (κ1) is 16.8. The van der Waals surface area contributed by atoms with Crippen LogP contribution in [0.3, 0.4) is 0 Å². The van der Waals surface area contributed by atoms with E-state index < -0.39 is 0 Å². The monoisotopic (exact) mass is 376 g/mol. The fraction of sp³-hybridized carbons (Fsp3) is 0.176. The van der Waals surface area contributed by atoms with Crippen molar-refractivity contribution in [2.45, 2.75) is 12.7 Å². The number of aryl methyl sites for hydroxylation is 1. The van der Waals surface area contributed by atoms with Gasteiger partial charge in [-0.2, -0.15) is 5.10 Å². The molecule has 0 unspecified atom stereocenters. The normalized spacial score (nSPS) is 10.8. The Kier molecular flexibility index (Phi) is 6.68. The summed E-state index contributed by atoms with van der Waals surface area (Å²) < 4.78 is 1.05. The largest absolute Gasteiger partial charge is 0.272 e. The molecule has 0 atom stereocenters. The molecular weight excluding hydrogens is 360 g/mol. The van der Waals surface area contributed by atoms with Gasteiger partial charge in [-0.05, 0) is 30.2 Å². The first-order valence-electron chi connectivity index (χ1n) is 6.84. The van der Waals surface area contributed by atoms with Crippen molar-refractivity contribution in [3.63, 3.8) is 0 Å². The van der Waals surface area contributed by atoms with Gasteiger partial charge in [0.1, 0.15) is 0 Å². The highest BCUT2D eigenvalue weighted by atomic mass is 79.9. The van der Waals surface area contributed by atoms with Crippen LogP contribution in [0.25, 0.3) is 0 Å². The summed E-state index contributed by atoms with van der Waals surface area (Å²) in [6, 6.07) is 16.0. The zero-order valence-corrected chi connectivity index (χ0v) is 14.7. The van der Waals surface area contributed by atoms with Gasteiger partial charge in [0.25, 0.3) is 0 Å². The van der Waals surface area contributed by atoms with E-state index in [0.717, 1.165) is 15.8 Å². The summed E-state index contributed by atoms with van der Waals surface area (Å²) >= 11 is 5.00. The predicted octanol–water partition coefficient (Wildman–Crippen LogP) is 4.14. The van der Waals surface area contributed by atoms with Crippen LogP contribution in [-0.2, 0) is 10.5 Å². The highest BCUT2D eigenvalue weighted by Gasteiger charge is 2.01. The molecule has 0 aliphatic rings. The quantitative estimate of drug-likeness (QED) is 0.607. The first-order chi connectivity index (χ1) is 10.6. The van der Waals surface area contributed by atoms with Gasteiger partial charge in [0.2, 0.25) is 5.91 Å². The van der Waals surface area contributed by atoms with Crippen molar-refractivity contribution < 1.29 is 4.79 Å². The summed E-state index contributed by atoms with van der Waals surface area (Å²) in [6.07, 6.45) is 1.65. The molecule has 0 bridgehead atoms.